The molecule has 0 saturated carbocycles. The van der Waals surface area contributed by atoms with Gasteiger partial charge in [0.2, 0.25) is 5.91 Å². The highest BCUT2D eigenvalue weighted by molar-refractivity contribution is 5.91. The second-order valence-corrected chi connectivity index (χ2v) is 7.89. The lowest BCUT2D eigenvalue weighted by molar-refractivity contribution is -0.132. The standard InChI is InChI=1S/C25H19FN2O2/c26-15-9-10-20-18(13-15)19-14-28(12-11-21(19)27-20)25(29)24-16-5-1-3-7-22(16)30-23-8-4-2-6-17(23)24/h1-10,13,24,27H,11-12,14H2. The van der Waals surface area contributed by atoms with E-state index in [1.54, 1.807) is 12.1 Å². The van der Waals surface area contributed by atoms with Crippen molar-refractivity contribution in [1.29, 1.82) is 0 Å². The number of hydrogen-bond acceptors (Lipinski definition) is 2. The summed E-state index contributed by atoms with van der Waals surface area (Å²) in [5, 5.41) is 0.857. The van der Waals surface area contributed by atoms with Crippen LogP contribution in [-0.2, 0) is 17.8 Å². The number of hydrogen-bond donors (Lipinski definition) is 1. The zero-order valence-corrected chi connectivity index (χ0v) is 16.2. The van der Waals surface area contributed by atoms with Crippen molar-refractivity contribution >= 4 is 16.8 Å². The van der Waals surface area contributed by atoms with E-state index < -0.39 is 5.92 Å². The summed E-state index contributed by atoms with van der Waals surface area (Å²) in [6, 6.07) is 20.2. The highest BCUT2D eigenvalue weighted by Crippen LogP contribution is 2.45. The van der Waals surface area contributed by atoms with E-state index in [0.717, 1.165) is 51.2 Å². The van der Waals surface area contributed by atoms with Crippen molar-refractivity contribution in [3.8, 4) is 11.5 Å². The minimum Gasteiger partial charge on any atom is -0.457 e. The van der Waals surface area contributed by atoms with E-state index in [1.165, 1.54) is 6.07 Å². The Morgan fingerprint density at radius 2 is 1.70 bits per heavy atom. The van der Waals surface area contributed by atoms with Crippen LogP contribution in [0, 0.1) is 5.82 Å². The Labute approximate surface area is 172 Å². The van der Waals surface area contributed by atoms with Crippen molar-refractivity contribution in [2.24, 2.45) is 0 Å². The predicted octanol–water partition coefficient (Wildman–Crippen LogP) is 5.13. The van der Waals surface area contributed by atoms with Crippen LogP contribution in [0.1, 0.15) is 28.3 Å². The van der Waals surface area contributed by atoms with E-state index in [0.29, 0.717) is 13.1 Å². The number of ether oxygens (including phenoxy) is 1. The first-order chi connectivity index (χ1) is 14.7. The molecule has 0 unspecified atom stereocenters. The molecule has 148 valence electrons. The fraction of sp³-hybridized carbons (Fsp3) is 0.160. The largest absolute Gasteiger partial charge is 0.457 e. The van der Waals surface area contributed by atoms with Crippen LogP contribution in [0.4, 0.5) is 4.39 Å². The average molecular weight is 398 g/mol. The SMILES string of the molecule is O=C(C1c2ccccc2Oc2ccccc21)N1CCc2[nH]c3ccc(F)cc3c2C1. The number of para-hydroxylation sites is 2. The number of carbonyl (C=O) groups excluding carboxylic acids is 1. The van der Waals surface area contributed by atoms with Crippen LogP contribution in [0.3, 0.4) is 0 Å². The van der Waals surface area contributed by atoms with E-state index in [1.807, 2.05) is 53.4 Å². The van der Waals surface area contributed by atoms with E-state index in [-0.39, 0.29) is 11.7 Å². The van der Waals surface area contributed by atoms with Crippen LogP contribution < -0.4 is 4.74 Å². The molecule has 6 rings (SSSR count). The van der Waals surface area contributed by atoms with E-state index >= 15 is 0 Å². The topological polar surface area (TPSA) is 45.3 Å². The number of H-pyrrole nitrogens is 1. The average Bonchev–Trinajstić information content (AvgIpc) is 3.14. The molecule has 30 heavy (non-hydrogen) atoms. The Morgan fingerprint density at radius 3 is 2.43 bits per heavy atom. The van der Waals surface area contributed by atoms with Gasteiger partial charge in [0.25, 0.3) is 0 Å². The molecule has 2 aliphatic heterocycles. The lowest BCUT2D eigenvalue weighted by Gasteiger charge is -2.34. The van der Waals surface area contributed by atoms with Gasteiger partial charge in [-0.2, -0.15) is 0 Å². The summed E-state index contributed by atoms with van der Waals surface area (Å²) < 4.78 is 19.9. The van der Waals surface area contributed by atoms with Crippen LogP contribution in [-0.4, -0.2) is 22.3 Å². The van der Waals surface area contributed by atoms with Crippen LogP contribution in [0.15, 0.2) is 66.7 Å². The second kappa shape index (κ2) is 6.46. The van der Waals surface area contributed by atoms with Crippen LogP contribution in [0.25, 0.3) is 10.9 Å². The molecule has 3 heterocycles. The number of amides is 1. The quantitative estimate of drug-likeness (QED) is 0.483. The Morgan fingerprint density at radius 1 is 1.00 bits per heavy atom. The fourth-order valence-electron chi connectivity index (χ4n) is 4.73. The lowest BCUT2D eigenvalue weighted by atomic mass is 9.86. The zero-order chi connectivity index (χ0) is 20.2. The van der Waals surface area contributed by atoms with Crippen molar-refractivity contribution in [2.75, 3.05) is 6.54 Å². The van der Waals surface area contributed by atoms with Crippen molar-refractivity contribution < 1.29 is 13.9 Å². The lowest BCUT2D eigenvalue weighted by Crippen LogP contribution is -2.39. The van der Waals surface area contributed by atoms with Gasteiger partial charge in [-0.25, -0.2) is 4.39 Å². The first-order valence-electron chi connectivity index (χ1n) is 10.1. The van der Waals surface area contributed by atoms with Crippen molar-refractivity contribution in [1.82, 2.24) is 9.88 Å². The van der Waals surface area contributed by atoms with Crippen molar-refractivity contribution in [3.05, 3.63) is 94.9 Å². The van der Waals surface area contributed by atoms with Crippen molar-refractivity contribution in [2.45, 2.75) is 18.9 Å². The summed E-state index contributed by atoms with van der Waals surface area (Å²) in [4.78, 5) is 19.1. The molecule has 0 radical (unpaired) electrons. The summed E-state index contributed by atoms with van der Waals surface area (Å²) in [7, 11) is 0. The highest BCUT2D eigenvalue weighted by Gasteiger charge is 2.36. The van der Waals surface area contributed by atoms with E-state index in [2.05, 4.69) is 4.98 Å². The number of carbonyl (C=O) groups is 1. The van der Waals surface area contributed by atoms with E-state index in [4.69, 9.17) is 4.74 Å². The first-order valence-corrected chi connectivity index (χ1v) is 10.1. The molecular formula is C25H19FN2O2. The van der Waals surface area contributed by atoms with Crippen LogP contribution >= 0.6 is 0 Å². The molecule has 2 aliphatic rings. The molecule has 0 spiro atoms. The zero-order valence-electron chi connectivity index (χ0n) is 16.2. The van der Waals surface area contributed by atoms with Gasteiger partial charge >= 0.3 is 0 Å². The molecule has 1 aromatic heterocycles. The third-order valence-corrected chi connectivity index (χ3v) is 6.18. The predicted molar refractivity (Wildman–Crippen MR) is 112 cm³/mol. The van der Waals surface area contributed by atoms with Crippen LogP contribution in [0.2, 0.25) is 0 Å². The number of aromatic nitrogens is 1. The molecule has 0 atom stereocenters. The second-order valence-electron chi connectivity index (χ2n) is 7.89. The van der Waals surface area contributed by atoms with Gasteiger partial charge in [0.15, 0.2) is 0 Å². The monoisotopic (exact) mass is 398 g/mol. The van der Waals surface area contributed by atoms with Gasteiger partial charge in [-0.05, 0) is 30.3 Å². The number of halogens is 1. The molecule has 4 aromatic rings. The molecule has 0 aliphatic carbocycles. The minimum absolute atomic E-state index is 0.0506. The van der Waals surface area contributed by atoms with Gasteiger partial charge in [-0.3, -0.25) is 4.79 Å². The van der Waals surface area contributed by atoms with Gasteiger partial charge in [0, 0.05) is 52.8 Å². The summed E-state index contributed by atoms with van der Waals surface area (Å²) in [5.74, 6) is 0.826. The number of rotatable bonds is 1. The Kier molecular flexibility index (Phi) is 3.72. The number of fused-ring (bicyclic) bond motifs is 5. The third kappa shape index (κ3) is 2.55. The molecule has 3 aromatic carbocycles. The van der Waals surface area contributed by atoms with Gasteiger partial charge in [0.1, 0.15) is 17.3 Å². The van der Waals surface area contributed by atoms with Gasteiger partial charge in [-0.15, -0.1) is 0 Å². The third-order valence-electron chi connectivity index (χ3n) is 6.18. The molecule has 0 saturated heterocycles. The normalized spacial score (nSPS) is 15.3. The first kappa shape index (κ1) is 17.3. The maximum atomic E-state index is 13.9. The Balaban J connectivity index is 1.41. The number of aromatic amines is 1. The molecule has 5 heteroatoms. The number of nitrogens with zero attached hydrogens (tertiary/aromatic N) is 1. The molecule has 4 nitrogen and oxygen atoms in total. The summed E-state index contributed by atoms with van der Waals surface area (Å²) >= 11 is 0. The highest BCUT2D eigenvalue weighted by atomic mass is 19.1. The Bertz CT molecular complexity index is 1260. The van der Waals surface area contributed by atoms with Gasteiger partial charge in [-0.1, -0.05) is 36.4 Å². The molecule has 1 N–H and O–H groups in total. The fourth-order valence-corrected chi connectivity index (χ4v) is 4.73. The van der Waals surface area contributed by atoms with E-state index in [9.17, 15) is 9.18 Å². The number of nitrogens with one attached hydrogen (secondary N) is 1. The summed E-state index contributed by atoms with van der Waals surface area (Å²) in [5.41, 5.74) is 4.79. The minimum atomic E-state index is -0.408. The van der Waals surface area contributed by atoms with Gasteiger partial charge in [0.05, 0.1) is 5.92 Å². The molecule has 0 fully saturated rings. The summed E-state index contributed by atoms with van der Waals surface area (Å²) in [6.07, 6.45) is 0.726. The summed E-state index contributed by atoms with van der Waals surface area (Å²) in [6.45, 7) is 1.10. The smallest absolute Gasteiger partial charge is 0.235 e. The molecule has 0 bridgehead atoms. The maximum Gasteiger partial charge on any atom is 0.235 e. The van der Waals surface area contributed by atoms with Crippen LogP contribution in [0.5, 0.6) is 11.5 Å². The maximum absolute atomic E-state index is 13.9. The number of benzene rings is 3. The van der Waals surface area contributed by atoms with Gasteiger partial charge < -0.3 is 14.6 Å². The molecule has 1 amide bonds. The Hall–Kier alpha value is -3.60. The van der Waals surface area contributed by atoms with Crippen molar-refractivity contribution in [3.63, 3.8) is 0 Å². The molecular weight excluding hydrogens is 379 g/mol.